The molecular formula is C18H15ClF2N2O3. The average Bonchev–Trinajstić information content (AvgIpc) is 3.21. The summed E-state index contributed by atoms with van der Waals surface area (Å²) in [5.41, 5.74) is 1.09. The molecule has 1 saturated carbocycles. The summed E-state index contributed by atoms with van der Waals surface area (Å²) in [7, 11) is 0. The van der Waals surface area contributed by atoms with Crippen LogP contribution in [0.3, 0.4) is 0 Å². The molecule has 4 rings (SSSR count). The third-order valence-corrected chi connectivity index (χ3v) is 4.86. The van der Waals surface area contributed by atoms with Crippen LogP contribution in [0.15, 0.2) is 30.5 Å². The SMILES string of the molecule is O=C(Nc1ccc(-c2cc3c(cc2Cl)OC(F)(F)O3)cn1)C1CCCC1. The highest BCUT2D eigenvalue weighted by atomic mass is 35.5. The zero-order valence-electron chi connectivity index (χ0n) is 13.6. The van der Waals surface area contributed by atoms with Gasteiger partial charge in [-0.05, 0) is 31.0 Å². The van der Waals surface area contributed by atoms with Crippen molar-refractivity contribution in [1.29, 1.82) is 0 Å². The van der Waals surface area contributed by atoms with Crippen molar-refractivity contribution in [2.45, 2.75) is 32.0 Å². The number of amides is 1. The van der Waals surface area contributed by atoms with Gasteiger partial charge < -0.3 is 14.8 Å². The Kier molecular flexibility index (Phi) is 4.19. The fourth-order valence-corrected chi connectivity index (χ4v) is 3.50. The number of fused-ring (bicyclic) bond motifs is 1. The molecule has 1 aromatic carbocycles. The van der Waals surface area contributed by atoms with Crippen LogP contribution in [0.4, 0.5) is 14.6 Å². The number of carbonyl (C=O) groups excluding carboxylic acids is 1. The van der Waals surface area contributed by atoms with Crippen LogP contribution in [0.5, 0.6) is 11.5 Å². The smallest absolute Gasteiger partial charge is 0.395 e. The Hall–Kier alpha value is -2.41. The summed E-state index contributed by atoms with van der Waals surface area (Å²) in [4.78, 5) is 16.4. The molecule has 0 radical (unpaired) electrons. The van der Waals surface area contributed by atoms with Gasteiger partial charge in [-0.25, -0.2) is 4.98 Å². The minimum atomic E-state index is -3.70. The molecule has 1 aromatic heterocycles. The van der Waals surface area contributed by atoms with Crippen molar-refractivity contribution in [2.24, 2.45) is 5.92 Å². The van der Waals surface area contributed by atoms with E-state index in [4.69, 9.17) is 11.6 Å². The van der Waals surface area contributed by atoms with Gasteiger partial charge in [0, 0.05) is 29.3 Å². The molecule has 26 heavy (non-hydrogen) atoms. The van der Waals surface area contributed by atoms with E-state index in [9.17, 15) is 13.6 Å². The van der Waals surface area contributed by atoms with Gasteiger partial charge in [0.05, 0.1) is 5.02 Å². The first kappa shape index (κ1) is 17.0. The zero-order chi connectivity index (χ0) is 18.3. The van der Waals surface area contributed by atoms with E-state index in [1.165, 1.54) is 18.3 Å². The van der Waals surface area contributed by atoms with E-state index in [-0.39, 0.29) is 28.3 Å². The van der Waals surface area contributed by atoms with Crippen molar-refractivity contribution in [1.82, 2.24) is 4.98 Å². The second-order valence-corrected chi connectivity index (χ2v) is 6.76. The summed E-state index contributed by atoms with van der Waals surface area (Å²) < 4.78 is 35.2. The number of benzene rings is 1. The minimum absolute atomic E-state index is 0.0221. The fraction of sp³-hybridized carbons (Fsp3) is 0.333. The van der Waals surface area contributed by atoms with Crippen LogP contribution in [-0.2, 0) is 4.79 Å². The molecule has 8 heteroatoms. The Morgan fingerprint density at radius 3 is 2.54 bits per heavy atom. The standard InChI is InChI=1S/C18H15ClF2N2O3/c19-13-8-15-14(25-18(20,21)26-15)7-12(13)11-5-6-16(22-9-11)23-17(24)10-3-1-2-4-10/h5-10H,1-4H2,(H,22,23,24). The molecule has 136 valence electrons. The number of halogens is 3. The van der Waals surface area contributed by atoms with Gasteiger partial charge in [-0.1, -0.05) is 24.4 Å². The van der Waals surface area contributed by atoms with Crippen molar-refractivity contribution in [3.8, 4) is 22.6 Å². The van der Waals surface area contributed by atoms with Gasteiger partial charge in [-0.3, -0.25) is 4.79 Å². The molecule has 2 heterocycles. The van der Waals surface area contributed by atoms with Gasteiger partial charge in [0.15, 0.2) is 11.5 Å². The minimum Gasteiger partial charge on any atom is -0.395 e. The number of aromatic nitrogens is 1. The van der Waals surface area contributed by atoms with Crippen molar-refractivity contribution >= 4 is 23.3 Å². The Balaban J connectivity index is 1.53. The average molecular weight is 381 g/mol. The Morgan fingerprint density at radius 2 is 1.88 bits per heavy atom. The zero-order valence-corrected chi connectivity index (χ0v) is 14.4. The molecule has 1 fully saturated rings. The van der Waals surface area contributed by atoms with Crippen LogP contribution in [-0.4, -0.2) is 17.2 Å². The second kappa shape index (κ2) is 6.39. The number of anilines is 1. The first-order valence-electron chi connectivity index (χ1n) is 8.28. The summed E-state index contributed by atoms with van der Waals surface area (Å²) in [6, 6.07) is 6.02. The Morgan fingerprint density at radius 1 is 1.19 bits per heavy atom. The van der Waals surface area contributed by atoms with Crippen molar-refractivity contribution in [3.63, 3.8) is 0 Å². The van der Waals surface area contributed by atoms with Crippen molar-refractivity contribution in [3.05, 3.63) is 35.5 Å². The molecular weight excluding hydrogens is 366 g/mol. The lowest BCUT2D eigenvalue weighted by Crippen LogP contribution is -2.25. The molecule has 0 unspecified atom stereocenters. The largest absolute Gasteiger partial charge is 0.586 e. The highest BCUT2D eigenvalue weighted by Crippen LogP contribution is 2.46. The number of hydrogen-bond acceptors (Lipinski definition) is 4. The third-order valence-electron chi connectivity index (χ3n) is 4.54. The van der Waals surface area contributed by atoms with E-state index >= 15 is 0 Å². The van der Waals surface area contributed by atoms with Gasteiger partial charge >= 0.3 is 6.29 Å². The predicted octanol–water partition coefficient (Wildman–Crippen LogP) is 4.85. The number of rotatable bonds is 3. The molecule has 1 amide bonds. The molecule has 0 saturated heterocycles. The van der Waals surface area contributed by atoms with Gasteiger partial charge in [-0.2, -0.15) is 0 Å². The van der Waals surface area contributed by atoms with Crippen LogP contribution >= 0.6 is 11.6 Å². The highest BCUT2D eigenvalue weighted by Gasteiger charge is 2.43. The molecule has 1 N–H and O–H groups in total. The number of ether oxygens (including phenoxy) is 2. The number of carbonyl (C=O) groups is 1. The van der Waals surface area contributed by atoms with Crippen molar-refractivity contribution < 1.29 is 23.0 Å². The van der Waals surface area contributed by atoms with Gasteiger partial charge in [0.1, 0.15) is 5.82 Å². The van der Waals surface area contributed by atoms with Crippen LogP contribution < -0.4 is 14.8 Å². The maximum Gasteiger partial charge on any atom is 0.586 e. The van der Waals surface area contributed by atoms with E-state index in [2.05, 4.69) is 19.8 Å². The van der Waals surface area contributed by atoms with E-state index in [0.717, 1.165) is 25.7 Å². The Labute approximate surface area is 153 Å². The van der Waals surface area contributed by atoms with E-state index in [0.29, 0.717) is 16.9 Å². The fourth-order valence-electron chi connectivity index (χ4n) is 3.24. The second-order valence-electron chi connectivity index (χ2n) is 6.35. The summed E-state index contributed by atoms with van der Waals surface area (Å²) in [6.45, 7) is 0. The number of pyridine rings is 1. The quantitative estimate of drug-likeness (QED) is 0.826. The van der Waals surface area contributed by atoms with Crippen LogP contribution in [0.2, 0.25) is 5.02 Å². The summed E-state index contributed by atoms with van der Waals surface area (Å²) in [5.74, 6) is 0.256. The first-order chi connectivity index (χ1) is 12.4. The lowest BCUT2D eigenvalue weighted by Gasteiger charge is -2.10. The molecule has 1 aliphatic carbocycles. The lowest BCUT2D eigenvalue weighted by molar-refractivity contribution is -0.286. The molecule has 0 bridgehead atoms. The summed E-state index contributed by atoms with van der Waals surface area (Å²) in [6.07, 6.45) is 1.78. The van der Waals surface area contributed by atoms with E-state index in [1.54, 1.807) is 12.1 Å². The predicted molar refractivity (Wildman–Crippen MR) is 91.5 cm³/mol. The van der Waals surface area contributed by atoms with E-state index in [1.807, 2.05) is 0 Å². The monoisotopic (exact) mass is 380 g/mol. The maximum atomic E-state index is 13.2. The van der Waals surface area contributed by atoms with E-state index < -0.39 is 6.29 Å². The lowest BCUT2D eigenvalue weighted by atomic mass is 10.1. The Bertz CT molecular complexity index is 852. The summed E-state index contributed by atoms with van der Waals surface area (Å²) >= 11 is 6.17. The van der Waals surface area contributed by atoms with Crippen molar-refractivity contribution in [2.75, 3.05) is 5.32 Å². The van der Waals surface area contributed by atoms with Gasteiger partial charge in [0.25, 0.3) is 0 Å². The molecule has 2 aliphatic rings. The molecule has 1 aliphatic heterocycles. The number of alkyl halides is 2. The molecule has 2 aromatic rings. The highest BCUT2D eigenvalue weighted by molar-refractivity contribution is 6.33. The molecule has 5 nitrogen and oxygen atoms in total. The van der Waals surface area contributed by atoms with Crippen LogP contribution in [0.1, 0.15) is 25.7 Å². The van der Waals surface area contributed by atoms with Crippen LogP contribution in [0.25, 0.3) is 11.1 Å². The molecule has 0 spiro atoms. The summed E-state index contributed by atoms with van der Waals surface area (Å²) in [5, 5.41) is 3.03. The van der Waals surface area contributed by atoms with Crippen LogP contribution in [0, 0.1) is 5.92 Å². The third kappa shape index (κ3) is 3.31. The number of hydrogen-bond donors (Lipinski definition) is 1. The normalized spacial score (nSPS) is 18.1. The first-order valence-corrected chi connectivity index (χ1v) is 8.66. The van der Waals surface area contributed by atoms with Gasteiger partial charge in [0.2, 0.25) is 5.91 Å². The molecule has 0 atom stereocenters. The van der Waals surface area contributed by atoms with Gasteiger partial charge in [-0.15, -0.1) is 8.78 Å². The number of nitrogens with zero attached hydrogens (tertiary/aromatic N) is 1. The topological polar surface area (TPSA) is 60.5 Å². The maximum absolute atomic E-state index is 13.2. The number of nitrogens with one attached hydrogen (secondary N) is 1.